The summed E-state index contributed by atoms with van der Waals surface area (Å²) in [5.41, 5.74) is 4.02. The molecule has 0 saturated heterocycles. The molecule has 0 radical (unpaired) electrons. The van der Waals surface area contributed by atoms with Crippen LogP contribution in [-0.4, -0.2) is 24.6 Å². The minimum Gasteiger partial charge on any atom is -0.251 e. The van der Waals surface area contributed by atoms with E-state index in [1.54, 1.807) is 12.1 Å². The normalized spacial score (nSPS) is 11.7. The number of hydrogen-bond acceptors (Lipinski definition) is 4. The van der Waals surface area contributed by atoms with Crippen molar-refractivity contribution in [3.63, 3.8) is 0 Å². The number of nitrogens with one attached hydrogen (secondary N) is 1. The number of nitrogens with zero attached hydrogens (tertiary/aromatic N) is 2. The molecule has 1 heterocycles. The topological polar surface area (TPSA) is 72.0 Å². The molecule has 1 aromatic heterocycles. The van der Waals surface area contributed by atoms with E-state index < -0.39 is 17.9 Å². The second-order valence-corrected chi connectivity index (χ2v) is 14.0. The number of anilines is 1. The maximum atomic E-state index is 13.9. The lowest BCUT2D eigenvalue weighted by atomic mass is 9.93. The third-order valence-corrected chi connectivity index (χ3v) is 9.71. The summed E-state index contributed by atoms with van der Waals surface area (Å²) in [6.07, 6.45) is 1.59. The van der Waals surface area contributed by atoms with Gasteiger partial charge in [-0.25, -0.2) is 22.8 Å². The summed E-state index contributed by atoms with van der Waals surface area (Å²) in [5, 5.41) is 3.71. The van der Waals surface area contributed by atoms with Gasteiger partial charge in [0.2, 0.25) is 16.0 Å². The molecule has 5 nitrogen and oxygen atoms in total. The van der Waals surface area contributed by atoms with Gasteiger partial charge in [0.1, 0.15) is 5.82 Å². The highest BCUT2D eigenvalue weighted by molar-refractivity contribution is 7.92. The summed E-state index contributed by atoms with van der Waals surface area (Å²) in [4.78, 5) is 9.35. The molecule has 0 atom stereocenters. The number of benzene rings is 4. The Morgan fingerprint density at radius 2 is 1.34 bits per heavy atom. The van der Waals surface area contributed by atoms with E-state index in [1.165, 1.54) is 28.0 Å². The summed E-state index contributed by atoms with van der Waals surface area (Å²) in [6.45, 7) is 4.05. The zero-order valence-corrected chi connectivity index (χ0v) is 24.8. The Balaban J connectivity index is 1.71. The molecule has 0 spiro atoms. The number of aromatic nitrogens is 2. The summed E-state index contributed by atoms with van der Waals surface area (Å²) in [7, 11) is -4.47. The average Bonchev–Trinajstić information content (AvgIpc) is 2.95. The third-order valence-electron chi connectivity index (χ3n) is 6.61. The van der Waals surface area contributed by atoms with Crippen LogP contribution in [0, 0.1) is 5.82 Å². The second kappa shape index (κ2) is 12.3. The van der Waals surface area contributed by atoms with Gasteiger partial charge < -0.3 is 0 Å². The van der Waals surface area contributed by atoms with Crippen LogP contribution in [0.4, 0.5) is 10.3 Å². The first kappa shape index (κ1) is 28.6. The Hall–Kier alpha value is -3.93. The van der Waals surface area contributed by atoms with Crippen LogP contribution in [0.3, 0.4) is 0 Å². The van der Waals surface area contributed by atoms with Gasteiger partial charge in [-0.1, -0.05) is 98.8 Å². The average molecular weight is 584 g/mol. The van der Waals surface area contributed by atoms with Gasteiger partial charge in [0.05, 0.1) is 17.6 Å². The van der Waals surface area contributed by atoms with Crippen LogP contribution in [0.2, 0.25) is 0 Å². The fourth-order valence-electron chi connectivity index (χ4n) is 4.86. The molecule has 1 N–H and O–H groups in total. The first-order valence-electron chi connectivity index (χ1n) is 13.3. The van der Waals surface area contributed by atoms with E-state index in [2.05, 4.69) is 81.4 Å². The predicted octanol–water partition coefficient (Wildman–Crippen LogP) is 6.13. The zero-order valence-electron chi connectivity index (χ0n) is 23.1. The van der Waals surface area contributed by atoms with Gasteiger partial charge in [-0.2, -0.15) is 0 Å². The molecule has 208 valence electrons. The van der Waals surface area contributed by atoms with Crippen LogP contribution in [0.5, 0.6) is 0 Å². The lowest BCUT2D eigenvalue weighted by molar-refractivity contribution is 0.606. The molecule has 0 fully saturated rings. The van der Waals surface area contributed by atoms with Crippen LogP contribution in [0.15, 0.2) is 109 Å². The fourth-order valence-corrected chi connectivity index (χ4v) is 7.76. The van der Waals surface area contributed by atoms with Gasteiger partial charge in [-0.3, -0.25) is 4.72 Å². The summed E-state index contributed by atoms with van der Waals surface area (Å²) in [5.74, 6) is -0.378. The molecule has 0 bridgehead atoms. The molecule has 4 aromatic carbocycles. The maximum Gasteiger partial charge on any atom is 0.237 e. The minimum atomic E-state index is -3.61. The predicted molar refractivity (Wildman–Crippen MR) is 168 cm³/mol. The summed E-state index contributed by atoms with van der Waals surface area (Å²) in [6, 6.07) is 35.6. The SMILES string of the molecule is CC(C)c1nc(NS(C)(=O)=O)nc(-c2ccc(F)cc2)c1Cc1ccccc1P(c1ccccc1)c1ccccc1. The van der Waals surface area contributed by atoms with Crippen LogP contribution in [-0.2, 0) is 16.4 Å². The molecule has 0 unspecified atom stereocenters. The highest BCUT2D eigenvalue weighted by atomic mass is 32.2. The van der Waals surface area contributed by atoms with E-state index in [0.717, 1.165) is 23.1 Å². The van der Waals surface area contributed by atoms with E-state index in [-0.39, 0.29) is 17.7 Å². The molecule has 0 aliphatic rings. The lowest BCUT2D eigenvalue weighted by Crippen LogP contribution is -2.24. The standard InChI is InChI=1S/C33H31FN3O2PS/c1-23(2)31-29(32(24-18-20-26(34)21-19-24)36-33(35-31)37-41(3,38)39)22-25-12-10-11-17-30(25)40(27-13-6-4-7-14-27)28-15-8-5-9-16-28/h4-21,23H,22H2,1-3H3,(H,35,36,37). The Morgan fingerprint density at radius 3 is 1.90 bits per heavy atom. The third kappa shape index (κ3) is 6.87. The summed E-state index contributed by atoms with van der Waals surface area (Å²) >= 11 is 0. The first-order valence-corrected chi connectivity index (χ1v) is 16.6. The summed E-state index contributed by atoms with van der Waals surface area (Å²) < 4.78 is 40.5. The van der Waals surface area contributed by atoms with Crippen molar-refractivity contribution in [2.24, 2.45) is 0 Å². The largest absolute Gasteiger partial charge is 0.251 e. The zero-order chi connectivity index (χ0) is 29.0. The minimum absolute atomic E-state index is 0.00313. The van der Waals surface area contributed by atoms with Gasteiger partial charge in [0.15, 0.2) is 0 Å². The van der Waals surface area contributed by atoms with Crippen molar-refractivity contribution in [3.8, 4) is 11.3 Å². The van der Waals surface area contributed by atoms with Gasteiger partial charge in [0.25, 0.3) is 0 Å². The van der Waals surface area contributed by atoms with Crippen molar-refractivity contribution in [2.45, 2.75) is 26.2 Å². The Labute approximate surface area is 242 Å². The van der Waals surface area contributed by atoms with Crippen LogP contribution in [0.1, 0.15) is 36.6 Å². The highest BCUT2D eigenvalue weighted by Crippen LogP contribution is 2.37. The molecule has 5 rings (SSSR count). The fraction of sp³-hybridized carbons (Fsp3) is 0.152. The number of rotatable bonds is 9. The van der Waals surface area contributed by atoms with Gasteiger partial charge in [-0.15, -0.1) is 0 Å². The quantitative estimate of drug-likeness (QED) is 0.212. The Bertz CT molecular complexity index is 1710. The molecule has 8 heteroatoms. The number of halogens is 1. The van der Waals surface area contributed by atoms with E-state index in [4.69, 9.17) is 0 Å². The van der Waals surface area contributed by atoms with Crippen molar-refractivity contribution >= 4 is 39.8 Å². The molecule has 0 saturated carbocycles. The van der Waals surface area contributed by atoms with Crippen molar-refractivity contribution in [1.82, 2.24) is 9.97 Å². The molecule has 0 amide bonds. The monoisotopic (exact) mass is 583 g/mol. The smallest absolute Gasteiger partial charge is 0.237 e. The van der Waals surface area contributed by atoms with Crippen molar-refractivity contribution in [2.75, 3.05) is 11.0 Å². The Kier molecular flexibility index (Phi) is 8.57. The number of sulfonamides is 1. The Morgan fingerprint density at radius 1 is 0.780 bits per heavy atom. The van der Waals surface area contributed by atoms with Crippen molar-refractivity contribution in [1.29, 1.82) is 0 Å². The van der Waals surface area contributed by atoms with E-state index in [9.17, 15) is 12.8 Å². The van der Waals surface area contributed by atoms with Gasteiger partial charge in [0, 0.05) is 17.5 Å². The molecule has 41 heavy (non-hydrogen) atoms. The van der Waals surface area contributed by atoms with Crippen LogP contribution in [0.25, 0.3) is 11.3 Å². The van der Waals surface area contributed by atoms with Crippen LogP contribution >= 0.6 is 7.92 Å². The van der Waals surface area contributed by atoms with E-state index in [1.807, 2.05) is 32.0 Å². The molecular weight excluding hydrogens is 552 g/mol. The van der Waals surface area contributed by atoms with Crippen molar-refractivity contribution < 1.29 is 12.8 Å². The van der Waals surface area contributed by atoms with Crippen molar-refractivity contribution in [3.05, 3.63) is 132 Å². The molecule has 5 aromatic rings. The maximum absolute atomic E-state index is 13.9. The molecule has 0 aliphatic heterocycles. The number of hydrogen-bond donors (Lipinski definition) is 1. The van der Waals surface area contributed by atoms with Gasteiger partial charge >= 0.3 is 0 Å². The van der Waals surface area contributed by atoms with E-state index in [0.29, 0.717) is 17.7 Å². The molecular formula is C33H31FN3O2PS. The van der Waals surface area contributed by atoms with Gasteiger partial charge in [-0.05, 0) is 59.6 Å². The lowest BCUT2D eigenvalue weighted by Gasteiger charge is -2.24. The second-order valence-electron chi connectivity index (χ2n) is 10.1. The van der Waals surface area contributed by atoms with E-state index >= 15 is 0 Å². The first-order chi connectivity index (χ1) is 19.7. The highest BCUT2D eigenvalue weighted by Gasteiger charge is 2.24. The molecule has 0 aliphatic carbocycles. The van der Waals surface area contributed by atoms with Crippen LogP contribution < -0.4 is 20.6 Å².